The van der Waals surface area contributed by atoms with Gasteiger partial charge in [-0.1, -0.05) is 17.3 Å². The lowest BCUT2D eigenvalue weighted by molar-refractivity contribution is -0.384. The zero-order chi connectivity index (χ0) is 26.3. The number of aromatic nitrogens is 1. The Kier molecular flexibility index (Phi) is 9.08. The summed E-state index contributed by atoms with van der Waals surface area (Å²) in [6.45, 7) is 0.793. The van der Waals surface area contributed by atoms with Crippen molar-refractivity contribution in [1.29, 1.82) is 0 Å². The number of carbonyl (C=O) groups is 1. The van der Waals surface area contributed by atoms with Gasteiger partial charge in [-0.15, -0.1) is 6.42 Å². The second-order valence-corrected chi connectivity index (χ2v) is 10.4. The number of non-ortho nitro benzene ring substituents is 1. The minimum absolute atomic E-state index is 0.0165. The Morgan fingerprint density at radius 2 is 1.81 bits per heavy atom. The molecule has 0 unspecified atom stereocenters. The first kappa shape index (κ1) is 27.2. The van der Waals surface area contributed by atoms with Crippen LogP contribution in [0.4, 0.5) is 5.69 Å². The molecule has 0 bridgehead atoms. The third-order valence-corrected chi connectivity index (χ3v) is 8.12. The smallest absolute Gasteiger partial charge is 0.279 e. The van der Waals surface area contributed by atoms with Gasteiger partial charge in [0, 0.05) is 45.0 Å². The Bertz CT molecular complexity index is 1460. The first-order valence-corrected chi connectivity index (χ1v) is 12.9. The largest absolute Gasteiger partial charge is 0.383 e. The summed E-state index contributed by atoms with van der Waals surface area (Å²) in [4.78, 5) is 28.0. The average Bonchev–Trinajstić information content (AvgIpc) is 3.20. The van der Waals surface area contributed by atoms with Crippen LogP contribution >= 0.6 is 11.3 Å². The molecule has 190 valence electrons. The van der Waals surface area contributed by atoms with Gasteiger partial charge in [-0.2, -0.15) is 9.30 Å². The molecular weight excluding hydrogens is 508 g/mol. The highest BCUT2D eigenvalue weighted by Crippen LogP contribution is 2.23. The fourth-order valence-corrected chi connectivity index (χ4v) is 5.72. The van der Waals surface area contributed by atoms with Crippen LogP contribution in [-0.2, 0) is 26.0 Å². The summed E-state index contributed by atoms with van der Waals surface area (Å²) in [5.41, 5.74) is 0.558. The number of ether oxygens (including phenoxy) is 2. The van der Waals surface area contributed by atoms with Crippen molar-refractivity contribution in [2.45, 2.75) is 11.4 Å². The van der Waals surface area contributed by atoms with E-state index in [0.29, 0.717) is 10.2 Å². The van der Waals surface area contributed by atoms with Crippen LogP contribution in [0.25, 0.3) is 10.2 Å². The first-order chi connectivity index (χ1) is 17.2. The number of benzene rings is 2. The number of sulfonamides is 1. The normalized spacial score (nSPS) is 12.2. The minimum Gasteiger partial charge on any atom is -0.383 e. The Labute approximate surface area is 211 Å². The van der Waals surface area contributed by atoms with Crippen LogP contribution in [0.5, 0.6) is 0 Å². The van der Waals surface area contributed by atoms with Crippen molar-refractivity contribution >= 4 is 43.2 Å². The van der Waals surface area contributed by atoms with Crippen molar-refractivity contribution in [2.24, 2.45) is 4.99 Å². The lowest BCUT2D eigenvalue weighted by atomic mass is 10.2. The van der Waals surface area contributed by atoms with Gasteiger partial charge in [-0.25, -0.2) is 8.42 Å². The number of amides is 1. The molecule has 1 amide bonds. The molecule has 0 saturated heterocycles. The quantitative estimate of drug-likeness (QED) is 0.210. The molecule has 3 aromatic rings. The van der Waals surface area contributed by atoms with Gasteiger partial charge >= 0.3 is 0 Å². The van der Waals surface area contributed by atoms with E-state index >= 15 is 0 Å². The summed E-state index contributed by atoms with van der Waals surface area (Å²) in [5.74, 6) is 1.86. The average molecular weight is 533 g/mol. The predicted molar refractivity (Wildman–Crippen MR) is 134 cm³/mol. The van der Waals surface area contributed by atoms with E-state index in [0.717, 1.165) is 11.3 Å². The number of hydrogen-bond acceptors (Lipinski definition) is 8. The molecular formula is C23H24N4O7S2. The second-order valence-electron chi connectivity index (χ2n) is 7.42. The first-order valence-electron chi connectivity index (χ1n) is 10.6. The van der Waals surface area contributed by atoms with Gasteiger partial charge in [0.2, 0.25) is 10.0 Å². The highest BCUT2D eigenvalue weighted by Gasteiger charge is 2.24. The molecule has 11 nitrogen and oxygen atoms in total. The molecule has 2 aromatic carbocycles. The number of thiazole rings is 1. The Morgan fingerprint density at radius 3 is 2.36 bits per heavy atom. The molecule has 0 N–H and O–H groups in total. The standard InChI is InChI=1S/C23H24N4O7S2/c1-4-11-26-20-16-18(27(29)30)7-10-21(20)35-23(26)24-22(28)17-5-8-19(9-6-17)36(31,32)25(12-14-33-2)13-15-34-3/h1,5-10,16H,11-15H2,2-3H3. The molecule has 13 heteroatoms. The van der Waals surface area contributed by atoms with Gasteiger partial charge in [-0.3, -0.25) is 14.9 Å². The van der Waals surface area contributed by atoms with Crippen LogP contribution in [-0.4, -0.2) is 68.6 Å². The molecule has 0 saturated carbocycles. The molecule has 0 atom stereocenters. The van der Waals surface area contributed by atoms with Gasteiger partial charge < -0.3 is 14.0 Å². The fourth-order valence-electron chi connectivity index (χ4n) is 3.31. The summed E-state index contributed by atoms with van der Waals surface area (Å²) in [6.07, 6.45) is 5.46. The molecule has 0 spiro atoms. The van der Waals surface area contributed by atoms with Crippen LogP contribution in [0.1, 0.15) is 10.4 Å². The number of hydrogen-bond donors (Lipinski definition) is 0. The van der Waals surface area contributed by atoms with E-state index < -0.39 is 20.9 Å². The van der Waals surface area contributed by atoms with E-state index in [1.54, 1.807) is 10.6 Å². The van der Waals surface area contributed by atoms with Gasteiger partial charge in [0.05, 0.1) is 39.8 Å². The fraction of sp³-hybridized carbons (Fsp3) is 0.304. The van der Waals surface area contributed by atoms with Gasteiger partial charge in [0.25, 0.3) is 11.6 Å². The van der Waals surface area contributed by atoms with Gasteiger partial charge in [0.15, 0.2) is 4.80 Å². The predicted octanol–water partition coefficient (Wildman–Crippen LogP) is 2.27. The summed E-state index contributed by atoms with van der Waals surface area (Å²) in [5, 5.41) is 11.2. The SMILES string of the molecule is C#CCn1c(=NC(=O)c2ccc(S(=O)(=O)N(CCOC)CCOC)cc2)sc2ccc([N+](=O)[O-])cc21. The highest BCUT2D eigenvalue weighted by atomic mass is 32.2. The third kappa shape index (κ3) is 6.04. The number of nitro benzene ring substituents is 1. The molecule has 0 aliphatic rings. The number of nitro groups is 1. The maximum absolute atomic E-state index is 13.0. The van der Waals surface area contributed by atoms with Crippen molar-refractivity contribution in [3.8, 4) is 12.3 Å². The maximum atomic E-state index is 13.0. The van der Waals surface area contributed by atoms with E-state index in [1.165, 1.54) is 54.9 Å². The molecule has 3 rings (SSSR count). The van der Waals surface area contributed by atoms with Crippen molar-refractivity contribution in [2.75, 3.05) is 40.5 Å². The van der Waals surface area contributed by atoms with E-state index in [4.69, 9.17) is 15.9 Å². The Balaban J connectivity index is 1.94. The van der Waals surface area contributed by atoms with Crippen molar-refractivity contribution in [1.82, 2.24) is 8.87 Å². The van der Waals surface area contributed by atoms with Crippen LogP contribution in [0.15, 0.2) is 52.4 Å². The molecule has 36 heavy (non-hydrogen) atoms. The van der Waals surface area contributed by atoms with Crippen LogP contribution in [0, 0.1) is 22.5 Å². The molecule has 0 aliphatic carbocycles. The third-order valence-electron chi connectivity index (χ3n) is 5.15. The summed E-state index contributed by atoms with van der Waals surface area (Å²) in [6, 6.07) is 9.77. The number of carbonyl (C=O) groups excluding carboxylic acids is 1. The molecule has 1 heterocycles. The number of nitrogens with zero attached hydrogens (tertiary/aromatic N) is 4. The van der Waals surface area contributed by atoms with Gasteiger partial charge in [0.1, 0.15) is 0 Å². The second kappa shape index (κ2) is 12.0. The van der Waals surface area contributed by atoms with Gasteiger partial charge in [-0.05, 0) is 30.3 Å². The van der Waals surface area contributed by atoms with E-state index in [2.05, 4.69) is 10.9 Å². The zero-order valence-corrected chi connectivity index (χ0v) is 21.3. The van der Waals surface area contributed by atoms with Crippen molar-refractivity contribution in [3.63, 3.8) is 0 Å². The molecule has 1 aromatic heterocycles. The lowest BCUT2D eigenvalue weighted by Gasteiger charge is -2.21. The number of rotatable bonds is 11. The molecule has 0 radical (unpaired) electrons. The van der Waals surface area contributed by atoms with Crippen molar-refractivity contribution < 1.29 is 27.6 Å². The highest BCUT2D eigenvalue weighted by molar-refractivity contribution is 7.89. The van der Waals surface area contributed by atoms with E-state index in [9.17, 15) is 23.3 Å². The summed E-state index contributed by atoms with van der Waals surface area (Å²) in [7, 11) is -0.873. The molecule has 0 fully saturated rings. The summed E-state index contributed by atoms with van der Waals surface area (Å²) < 4.78 is 39.6. The topological polar surface area (TPSA) is 133 Å². The molecule has 0 aliphatic heterocycles. The minimum atomic E-state index is -3.84. The summed E-state index contributed by atoms with van der Waals surface area (Å²) >= 11 is 1.16. The maximum Gasteiger partial charge on any atom is 0.279 e. The van der Waals surface area contributed by atoms with Crippen molar-refractivity contribution in [3.05, 3.63) is 62.9 Å². The Hall–Kier alpha value is -3.41. The van der Waals surface area contributed by atoms with E-state index in [-0.39, 0.29) is 53.8 Å². The van der Waals surface area contributed by atoms with Crippen LogP contribution in [0.3, 0.4) is 0 Å². The monoisotopic (exact) mass is 532 g/mol. The number of terminal acetylenes is 1. The van der Waals surface area contributed by atoms with Crippen LogP contribution < -0.4 is 4.80 Å². The number of fused-ring (bicyclic) bond motifs is 1. The number of methoxy groups -OCH3 is 2. The Morgan fingerprint density at radius 1 is 1.17 bits per heavy atom. The van der Waals surface area contributed by atoms with Crippen LogP contribution in [0.2, 0.25) is 0 Å². The lowest BCUT2D eigenvalue weighted by Crippen LogP contribution is -2.36. The zero-order valence-electron chi connectivity index (χ0n) is 19.6. The van der Waals surface area contributed by atoms with E-state index in [1.807, 2.05) is 0 Å².